The van der Waals surface area contributed by atoms with E-state index in [4.69, 9.17) is 16.3 Å². The molecule has 0 saturated carbocycles. The second kappa shape index (κ2) is 10.1. The molecule has 0 spiro atoms. The summed E-state index contributed by atoms with van der Waals surface area (Å²) in [6.07, 6.45) is 1.62. The van der Waals surface area contributed by atoms with Gasteiger partial charge in [-0.15, -0.1) is 22.7 Å². The molecule has 1 N–H and O–H groups in total. The number of fused-ring (bicyclic) bond motifs is 2. The van der Waals surface area contributed by atoms with E-state index < -0.39 is 0 Å². The van der Waals surface area contributed by atoms with Crippen LogP contribution in [0.25, 0.3) is 20.3 Å². The van der Waals surface area contributed by atoms with Crippen LogP contribution in [0.1, 0.15) is 20.8 Å². The smallest absolute Gasteiger partial charge is 0.283 e. The van der Waals surface area contributed by atoms with Gasteiger partial charge in [0.05, 0.1) is 28.6 Å². The quantitative estimate of drug-likeness (QED) is 0.139. The van der Waals surface area contributed by atoms with Gasteiger partial charge in [-0.2, -0.15) is 5.10 Å². The van der Waals surface area contributed by atoms with Crippen molar-refractivity contribution in [3.63, 3.8) is 0 Å². The van der Waals surface area contributed by atoms with Crippen molar-refractivity contribution in [2.75, 3.05) is 7.11 Å². The van der Waals surface area contributed by atoms with Gasteiger partial charge >= 0.3 is 0 Å². The Hall–Kier alpha value is -2.91. The molecule has 3 aromatic carbocycles. The third-order valence-electron chi connectivity index (χ3n) is 5.05. The molecule has 34 heavy (non-hydrogen) atoms. The van der Waals surface area contributed by atoms with Gasteiger partial charge in [-0.25, -0.2) is 10.4 Å². The van der Waals surface area contributed by atoms with Gasteiger partial charge in [0.2, 0.25) is 0 Å². The molecule has 5 rings (SSSR count). The van der Waals surface area contributed by atoms with E-state index in [1.807, 2.05) is 60.7 Å². The van der Waals surface area contributed by atoms with Crippen LogP contribution in [0.3, 0.4) is 0 Å². The van der Waals surface area contributed by atoms with Gasteiger partial charge in [0.25, 0.3) is 5.91 Å². The zero-order valence-corrected chi connectivity index (χ0v) is 21.2. The van der Waals surface area contributed by atoms with Crippen molar-refractivity contribution in [1.82, 2.24) is 10.4 Å². The Labute approximate surface area is 213 Å². The van der Waals surface area contributed by atoms with E-state index in [-0.39, 0.29) is 5.91 Å². The van der Waals surface area contributed by atoms with E-state index in [1.165, 1.54) is 16.0 Å². The molecule has 0 unspecified atom stereocenters. The fraction of sp³-hybridized carbons (Fsp3) is 0.0800. The number of para-hydroxylation sites is 1. The third kappa shape index (κ3) is 4.81. The number of nitrogens with zero attached hydrogens (tertiary/aromatic N) is 2. The first kappa shape index (κ1) is 22.9. The number of hydrazone groups is 1. The number of hydrogen-bond donors (Lipinski definition) is 1. The first-order valence-corrected chi connectivity index (χ1v) is 13.3. The minimum atomic E-state index is -0.331. The van der Waals surface area contributed by atoms with Gasteiger partial charge < -0.3 is 4.74 Å². The fourth-order valence-corrected chi connectivity index (χ4v) is 6.87. The summed E-state index contributed by atoms with van der Waals surface area (Å²) >= 11 is 11.1. The van der Waals surface area contributed by atoms with Crippen LogP contribution >= 0.6 is 46.0 Å². The van der Waals surface area contributed by atoms with Crippen molar-refractivity contribution in [3.05, 3.63) is 87.8 Å². The summed E-state index contributed by atoms with van der Waals surface area (Å²) in [6, 6.07) is 21.6. The van der Waals surface area contributed by atoms with Gasteiger partial charge in [-0.1, -0.05) is 53.7 Å². The normalized spacial score (nSPS) is 11.5. The summed E-state index contributed by atoms with van der Waals surface area (Å²) in [7, 11) is 1.66. The molecule has 0 aliphatic rings. The number of halogens is 1. The number of carbonyl (C=O) groups is 1. The molecular formula is C25H18ClN3O2S3. The molecule has 9 heteroatoms. The second-order valence-electron chi connectivity index (χ2n) is 7.25. The molecule has 0 atom stereocenters. The van der Waals surface area contributed by atoms with Gasteiger partial charge in [0.15, 0.2) is 4.34 Å². The number of rotatable bonds is 7. The number of methoxy groups -OCH3 is 1. The van der Waals surface area contributed by atoms with E-state index in [9.17, 15) is 4.79 Å². The standard InChI is InChI=1S/C25H18ClN3O2S3/c1-31-19-11-10-15(12-16(19)14-32-25-28-18-7-3-5-9-21(18)34-25)13-27-29-24(30)23-22(26)17-6-2-4-8-20(17)33-23/h2-13H,14H2,1H3,(H,29,30)/b27-13+. The summed E-state index contributed by atoms with van der Waals surface area (Å²) in [5.74, 6) is 1.17. The molecule has 0 saturated heterocycles. The number of carbonyl (C=O) groups excluding carboxylic acids is 1. The van der Waals surface area contributed by atoms with Crippen molar-refractivity contribution in [1.29, 1.82) is 0 Å². The number of aromatic nitrogens is 1. The lowest BCUT2D eigenvalue weighted by Gasteiger charge is -2.08. The molecule has 170 valence electrons. The minimum absolute atomic E-state index is 0.331. The summed E-state index contributed by atoms with van der Waals surface area (Å²) in [5, 5.41) is 5.46. The van der Waals surface area contributed by atoms with Crippen LogP contribution < -0.4 is 10.2 Å². The van der Waals surface area contributed by atoms with Crippen LogP contribution in [0.15, 0.2) is 76.2 Å². The zero-order chi connectivity index (χ0) is 23.5. The monoisotopic (exact) mass is 523 g/mol. The lowest BCUT2D eigenvalue weighted by atomic mass is 10.1. The SMILES string of the molecule is COc1ccc(/C=N/NC(=O)c2sc3ccccc3c2Cl)cc1CSc1nc2ccccc2s1. The van der Waals surface area contributed by atoms with Crippen molar-refractivity contribution in [3.8, 4) is 5.75 Å². The Bertz CT molecular complexity index is 1490. The highest BCUT2D eigenvalue weighted by Gasteiger charge is 2.16. The van der Waals surface area contributed by atoms with E-state index in [0.29, 0.717) is 15.7 Å². The number of ether oxygens (including phenoxy) is 1. The van der Waals surface area contributed by atoms with E-state index in [2.05, 4.69) is 21.6 Å². The van der Waals surface area contributed by atoms with Crippen LogP contribution in [0, 0.1) is 0 Å². The number of hydrogen-bond acceptors (Lipinski definition) is 7. The highest BCUT2D eigenvalue weighted by molar-refractivity contribution is 8.00. The topological polar surface area (TPSA) is 63.6 Å². The predicted molar refractivity (Wildman–Crippen MR) is 144 cm³/mol. The maximum atomic E-state index is 12.6. The third-order valence-corrected chi connectivity index (χ3v) is 8.95. The predicted octanol–water partition coefficient (Wildman–Crippen LogP) is 7.23. The molecule has 1 amide bonds. The Morgan fingerprint density at radius 2 is 1.91 bits per heavy atom. The molecule has 0 bridgehead atoms. The van der Waals surface area contributed by atoms with Crippen molar-refractivity contribution in [2.45, 2.75) is 10.1 Å². The highest BCUT2D eigenvalue weighted by Crippen LogP contribution is 2.35. The first-order valence-electron chi connectivity index (χ1n) is 10.3. The Morgan fingerprint density at radius 3 is 2.71 bits per heavy atom. The lowest BCUT2D eigenvalue weighted by molar-refractivity contribution is 0.0959. The molecule has 5 aromatic rings. The molecule has 0 radical (unpaired) electrons. The van der Waals surface area contributed by atoms with Crippen LogP contribution in [-0.4, -0.2) is 24.2 Å². The number of thioether (sulfide) groups is 1. The Balaban J connectivity index is 1.28. The largest absolute Gasteiger partial charge is 0.496 e. The van der Waals surface area contributed by atoms with Crippen LogP contribution in [0.5, 0.6) is 5.75 Å². The van der Waals surface area contributed by atoms with Crippen LogP contribution in [0.4, 0.5) is 0 Å². The van der Waals surface area contributed by atoms with Gasteiger partial charge in [-0.05, 0) is 42.0 Å². The van der Waals surface area contributed by atoms with Crippen LogP contribution in [-0.2, 0) is 5.75 Å². The molecule has 2 heterocycles. The summed E-state index contributed by atoms with van der Waals surface area (Å²) in [5.41, 5.74) is 5.47. The summed E-state index contributed by atoms with van der Waals surface area (Å²) < 4.78 is 8.68. The van der Waals surface area contributed by atoms with Crippen molar-refractivity contribution >= 4 is 78.5 Å². The summed E-state index contributed by atoms with van der Waals surface area (Å²) in [4.78, 5) is 17.7. The number of amides is 1. The zero-order valence-electron chi connectivity index (χ0n) is 17.9. The lowest BCUT2D eigenvalue weighted by Crippen LogP contribution is -2.16. The number of nitrogens with one attached hydrogen (secondary N) is 1. The van der Waals surface area contributed by atoms with E-state index >= 15 is 0 Å². The van der Waals surface area contributed by atoms with Gasteiger partial charge in [0, 0.05) is 21.4 Å². The maximum Gasteiger partial charge on any atom is 0.283 e. The highest BCUT2D eigenvalue weighted by atomic mass is 35.5. The average molecular weight is 524 g/mol. The molecule has 2 aromatic heterocycles. The van der Waals surface area contributed by atoms with E-state index in [1.54, 1.807) is 36.4 Å². The second-order valence-corrected chi connectivity index (χ2v) is 10.9. The van der Waals surface area contributed by atoms with Crippen molar-refractivity contribution < 1.29 is 9.53 Å². The Kier molecular flexibility index (Phi) is 6.82. The van der Waals surface area contributed by atoms with E-state index in [0.717, 1.165) is 36.8 Å². The first-order chi connectivity index (χ1) is 16.6. The molecule has 0 aliphatic carbocycles. The number of thiophene rings is 1. The van der Waals surface area contributed by atoms with Gasteiger partial charge in [0.1, 0.15) is 10.6 Å². The fourth-order valence-electron chi connectivity index (χ4n) is 3.42. The Morgan fingerprint density at radius 1 is 1.12 bits per heavy atom. The molecular weight excluding hydrogens is 506 g/mol. The molecule has 5 nitrogen and oxygen atoms in total. The molecule has 0 fully saturated rings. The average Bonchev–Trinajstić information content (AvgIpc) is 3.43. The number of benzene rings is 3. The van der Waals surface area contributed by atoms with Crippen molar-refractivity contribution in [2.24, 2.45) is 5.10 Å². The summed E-state index contributed by atoms with van der Waals surface area (Å²) in [6.45, 7) is 0. The minimum Gasteiger partial charge on any atom is -0.496 e. The van der Waals surface area contributed by atoms with Gasteiger partial charge in [-0.3, -0.25) is 4.79 Å². The number of thiazole rings is 1. The maximum absolute atomic E-state index is 12.6. The molecule has 0 aliphatic heterocycles. The van der Waals surface area contributed by atoms with Crippen LogP contribution in [0.2, 0.25) is 5.02 Å².